The normalized spacial score (nSPS) is 20.5. The summed E-state index contributed by atoms with van der Waals surface area (Å²) in [6.45, 7) is 1.33. The van der Waals surface area contributed by atoms with E-state index in [-0.39, 0.29) is 28.4 Å². The van der Waals surface area contributed by atoms with Gasteiger partial charge in [0.05, 0.1) is 10.4 Å². The van der Waals surface area contributed by atoms with Crippen molar-refractivity contribution in [3.05, 3.63) is 33.8 Å². The molecule has 0 aliphatic carbocycles. The highest BCUT2D eigenvalue weighted by atomic mass is 79.9. The number of amides is 1. The van der Waals surface area contributed by atoms with Crippen molar-refractivity contribution in [2.24, 2.45) is 11.7 Å². The van der Waals surface area contributed by atoms with Crippen LogP contribution in [0.5, 0.6) is 0 Å². The van der Waals surface area contributed by atoms with Crippen LogP contribution in [0.4, 0.5) is 8.78 Å². The molecule has 19 heavy (non-hydrogen) atoms. The fourth-order valence-corrected chi connectivity index (χ4v) is 2.74. The number of carbonyl (C=O) groups excluding carboxylic acids is 1. The molecule has 2 rings (SSSR count). The number of halogens is 3. The second kappa shape index (κ2) is 5.96. The van der Waals surface area contributed by atoms with E-state index in [2.05, 4.69) is 15.9 Å². The molecule has 1 aliphatic heterocycles. The quantitative estimate of drug-likeness (QED) is 0.864. The van der Waals surface area contributed by atoms with Crippen molar-refractivity contribution < 1.29 is 13.6 Å². The van der Waals surface area contributed by atoms with Crippen LogP contribution in [0, 0.1) is 17.6 Å². The van der Waals surface area contributed by atoms with Crippen LogP contribution < -0.4 is 5.73 Å². The summed E-state index contributed by atoms with van der Waals surface area (Å²) in [4.78, 5) is 13.0. The number of carbonyl (C=O) groups is 1. The van der Waals surface area contributed by atoms with Gasteiger partial charge in [-0.2, -0.15) is 0 Å². The number of nitrogens with two attached hydrogens (primary N) is 1. The smallest absolute Gasteiger partial charge is 0.221 e. The van der Waals surface area contributed by atoms with E-state index in [9.17, 15) is 13.6 Å². The lowest BCUT2D eigenvalue weighted by Crippen LogP contribution is -2.40. The van der Waals surface area contributed by atoms with Crippen molar-refractivity contribution in [3.8, 4) is 0 Å². The highest BCUT2D eigenvalue weighted by Gasteiger charge is 2.25. The van der Waals surface area contributed by atoms with Crippen LogP contribution in [0.3, 0.4) is 0 Å². The highest BCUT2D eigenvalue weighted by Crippen LogP contribution is 2.25. The van der Waals surface area contributed by atoms with E-state index in [1.165, 1.54) is 12.1 Å². The molecule has 0 spiro atoms. The van der Waals surface area contributed by atoms with Gasteiger partial charge in [-0.1, -0.05) is 0 Å². The predicted octanol–water partition coefficient (Wildman–Crippen LogP) is 2.42. The predicted molar refractivity (Wildman–Crippen MR) is 71.3 cm³/mol. The number of hydrogen-bond acceptors (Lipinski definition) is 2. The van der Waals surface area contributed by atoms with Crippen LogP contribution in [0.15, 0.2) is 16.6 Å². The summed E-state index contributed by atoms with van der Waals surface area (Å²) in [5.41, 5.74) is 5.31. The molecule has 1 fully saturated rings. The number of primary amides is 1. The second-order valence-corrected chi connectivity index (χ2v) is 5.65. The average molecular weight is 333 g/mol. The Morgan fingerprint density at radius 2 is 2.21 bits per heavy atom. The van der Waals surface area contributed by atoms with Crippen LogP contribution in [-0.4, -0.2) is 23.9 Å². The van der Waals surface area contributed by atoms with Gasteiger partial charge in [0, 0.05) is 18.7 Å². The van der Waals surface area contributed by atoms with Gasteiger partial charge < -0.3 is 5.73 Å². The summed E-state index contributed by atoms with van der Waals surface area (Å²) in [5.74, 6) is -1.73. The van der Waals surface area contributed by atoms with E-state index >= 15 is 0 Å². The first kappa shape index (κ1) is 14.4. The lowest BCUT2D eigenvalue weighted by atomic mass is 9.97. The van der Waals surface area contributed by atoms with Crippen molar-refractivity contribution in [2.75, 3.05) is 13.1 Å². The van der Waals surface area contributed by atoms with Gasteiger partial charge in [0.1, 0.15) is 11.6 Å². The zero-order chi connectivity index (χ0) is 14.0. The molecule has 1 unspecified atom stereocenters. The monoisotopic (exact) mass is 332 g/mol. The Labute approximate surface area is 118 Å². The molecule has 0 radical (unpaired) electrons. The number of rotatable bonds is 3. The average Bonchev–Trinajstić information content (AvgIpc) is 2.39. The van der Waals surface area contributed by atoms with Crippen molar-refractivity contribution in [1.82, 2.24) is 4.90 Å². The maximum atomic E-state index is 13.9. The Morgan fingerprint density at radius 1 is 1.47 bits per heavy atom. The standard InChI is InChI=1S/C13H15BrF2N2O/c14-10-3-4-11(15)9(12(10)16)7-18-5-1-2-8(6-18)13(17)19/h3-4,8H,1-2,5-7H2,(H2,17,19). The minimum absolute atomic E-state index is 0.0273. The Kier molecular flexibility index (Phi) is 4.52. The zero-order valence-electron chi connectivity index (χ0n) is 10.3. The van der Waals surface area contributed by atoms with Crippen molar-refractivity contribution in [2.45, 2.75) is 19.4 Å². The summed E-state index contributed by atoms with van der Waals surface area (Å²) in [7, 11) is 0. The fourth-order valence-electron chi connectivity index (χ4n) is 2.37. The zero-order valence-corrected chi connectivity index (χ0v) is 11.9. The third-order valence-corrected chi connectivity index (χ3v) is 4.04. The van der Waals surface area contributed by atoms with Crippen LogP contribution in [0.2, 0.25) is 0 Å². The minimum atomic E-state index is -0.582. The molecule has 2 N–H and O–H groups in total. The van der Waals surface area contributed by atoms with Gasteiger partial charge in [-0.3, -0.25) is 9.69 Å². The Hall–Kier alpha value is -1.01. The molecule has 3 nitrogen and oxygen atoms in total. The second-order valence-electron chi connectivity index (χ2n) is 4.80. The van der Waals surface area contributed by atoms with Gasteiger partial charge in [0.2, 0.25) is 5.91 Å². The summed E-state index contributed by atoms with van der Waals surface area (Å²) < 4.78 is 27.8. The molecule has 1 heterocycles. The van der Waals surface area contributed by atoms with E-state index in [1.807, 2.05) is 4.90 Å². The van der Waals surface area contributed by atoms with Gasteiger partial charge >= 0.3 is 0 Å². The Bertz CT molecular complexity index is 496. The number of benzene rings is 1. The maximum absolute atomic E-state index is 13.9. The fraction of sp³-hybridized carbons (Fsp3) is 0.462. The molecule has 0 aromatic heterocycles. The molecule has 1 amide bonds. The largest absolute Gasteiger partial charge is 0.369 e. The number of likely N-dealkylation sites (tertiary alicyclic amines) is 1. The van der Waals surface area contributed by atoms with Gasteiger partial charge in [-0.25, -0.2) is 8.78 Å². The maximum Gasteiger partial charge on any atom is 0.221 e. The van der Waals surface area contributed by atoms with Gasteiger partial charge in [0.15, 0.2) is 0 Å². The summed E-state index contributed by atoms with van der Waals surface area (Å²) in [6.07, 6.45) is 1.56. The van der Waals surface area contributed by atoms with Crippen LogP contribution in [0.25, 0.3) is 0 Å². The van der Waals surface area contributed by atoms with E-state index in [0.29, 0.717) is 6.54 Å². The highest BCUT2D eigenvalue weighted by molar-refractivity contribution is 9.10. The van der Waals surface area contributed by atoms with Crippen molar-refractivity contribution in [3.63, 3.8) is 0 Å². The molecular weight excluding hydrogens is 318 g/mol. The molecule has 1 aliphatic rings. The molecule has 1 aromatic carbocycles. The van der Waals surface area contributed by atoms with Crippen LogP contribution in [-0.2, 0) is 11.3 Å². The molecule has 1 aromatic rings. The number of hydrogen-bond donors (Lipinski definition) is 1. The van der Waals surface area contributed by atoms with Crippen LogP contribution in [0.1, 0.15) is 18.4 Å². The van der Waals surface area contributed by atoms with E-state index < -0.39 is 11.6 Å². The van der Waals surface area contributed by atoms with Crippen molar-refractivity contribution >= 4 is 21.8 Å². The van der Waals surface area contributed by atoms with Gasteiger partial charge in [0.25, 0.3) is 0 Å². The van der Waals surface area contributed by atoms with Gasteiger partial charge in [-0.05, 0) is 47.4 Å². The molecule has 1 atom stereocenters. The molecule has 104 valence electrons. The van der Waals surface area contributed by atoms with E-state index in [4.69, 9.17) is 5.73 Å². The first-order valence-corrected chi connectivity index (χ1v) is 6.92. The van der Waals surface area contributed by atoms with Crippen LogP contribution >= 0.6 is 15.9 Å². The Morgan fingerprint density at radius 3 is 2.89 bits per heavy atom. The lowest BCUT2D eigenvalue weighted by Gasteiger charge is -2.31. The molecule has 0 bridgehead atoms. The first-order chi connectivity index (χ1) is 8.99. The minimum Gasteiger partial charge on any atom is -0.369 e. The first-order valence-electron chi connectivity index (χ1n) is 6.13. The molecule has 6 heteroatoms. The lowest BCUT2D eigenvalue weighted by molar-refractivity contribution is -0.123. The van der Waals surface area contributed by atoms with Crippen molar-refractivity contribution in [1.29, 1.82) is 0 Å². The summed E-state index contributed by atoms with van der Waals surface area (Å²) in [5, 5.41) is 0. The van der Waals surface area contributed by atoms with E-state index in [0.717, 1.165) is 19.4 Å². The SMILES string of the molecule is NC(=O)C1CCCN(Cc2c(F)ccc(Br)c2F)C1. The molecule has 1 saturated heterocycles. The summed E-state index contributed by atoms with van der Waals surface area (Å²) in [6, 6.07) is 2.58. The van der Waals surface area contributed by atoms with E-state index in [1.54, 1.807) is 0 Å². The molecule has 0 saturated carbocycles. The number of nitrogens with zero attached hydrogens (tertiary/aromatic N) is 1. The topological polar surface area (TPSA) is 46.3 Å². The number of piperidine rings is 1. The third-order valence-electron chi connectivity index (χ3n) is 3.43. The third kappa shape index (κ3) is 3.30. The molecular formula is C13H15BrF2N2O. The summed E-state index contributed by atoms with van der Waals surface area (Å²) >= 11 is 3.05. The Balaban J connectivity index is 2.13. The van der Waals surface area contributed by atoms with Gasteiger partial charge in [-0.15, -0.1) is 0 Å².